The van der Waals surface area contributed by atoms with E-state index < -0.39 is 37.0 Å². The van der Waals surface area contributed by atoms with E-state index in [1.807, 2.05) is 0 Å². The number of carboxylic acids is 1. The maximum atomic E-state index is 12.1. The lowest BCUT2D eigenvalue weighted by atomic mass is 10.1. The Labute approximate surface area is 142 Å². The van der Waals surface area contributed by atoms with Gasteiger partial charge in [-0.3, -0.25) is 4.72 Å². The molecule has 16 heteroatoms. The zero-order chi connectivity index (χ0) is 21.1. The van der Waals surface area contributed by atoms with Crippen LogP contribution in [0.15, 0.2) is 18.2 Å². The van der Waals surface area contributed by atoms with E-state index in [9.17, 15) is 48.0 Å². The molecule has 1 aromatic carbocycles. The largest absolute Gasteiger partial charge is 0.516 e. The van der Waals surface area contributed by atoms with Gasteiger partial charge in [-0.05, 0) is 30.7 Å². The molecule has 0 aliphatic heterocycles. The fourth-order valence-electron chi connectivity index (χ4n) is 1.18. The van der Waals surface area contributed by atoms with E-state index in [4.69, 9.17) is 5.11 Å². The van der Waals surface area contributed by atoms with Crippen LogP contribution >= 0.6 is 0 Å². The van der Waals surface area contributed by atoms with Gasteiger partial charge in [-0.25, -0.2) is 18.4 Å². The minimum Gasteiger partial charge on any atom is -0.478 e. The lowest BCUT2D eigenvalue weighted by molar-refractivity contribution is -0.0439. The van der Waals surface area contributed by atoms with Crippen LogP contribution in [0.4, 0.5) is 32.0 Å². The molecule has 0 aliphatic carbocycles. The number of rotatable bonds is 3. The van der Waals surface area contributed by atoms with Gasteiger partial charge in [0.1, 0.15) is 0 Å². The number of carboxylic acid groups (broad SMARTS) is 1. The Hall–Kier alpha value is -2.07. The highest BCUT2D eigenvalue weighted by molar-refractivity contribution is 7.93. The Morgan fingerprint density at radius 3 is 1.73 bits per heavy atom. The second-order valence-electron chi connectivity index (χ2n) is 4.38. The Bertz CT molecular complexity index is 876. The minimum atomic E-state index is -5.50. The first kappa shape index (κ1) is 23.9. The quantitative estimate of drug-likeness (QED) is 0.621. The zero-order valence-electron chi connectivity index (χ0n) is 12.4. The third-order valence-electron chi connectivity index (χ3n) is 2.34. The first-order chi connectivity index (χ1) is 11.3. The van der Waals surface area contributed by atoms with Gasteiger partial charge >= 0.3 is 37.0 Å². The van der Waals surface area contributed by atoms with Crippen molar-refractivity contribution in [2.75, 3.05) is 4.72 Å². The van der Waals surface area contributed by atoms with Crippen LogP contribution in [-0.4, -0.2) is 38.9 Å². The van der Waals surface area contributed by atoms with Crippen molar-refractivity contribution in [3.05, 3.63) is 29.3 Å². The van der Waals surface area contributed by atoms with Gasteiger partial charge < -0.3 is 5.11 Å². The Morgan fingerprint density at radius 1 is 1.04 bits per heavy atom. The molecule has 8 nitrogen and oxygen atoms in total. The fraction of sp³-hybridized carbons (Fsp3) is 0.300. The molecule has 0 saturated carbocycles. The van der Waals surface area contributed by atoms with Gasteiger partial charge in [0.25, 0.3) is 0 Å². The van der Waals surface area contributed by atoms with E-state index >= 15 is 0 Å². The number of aryl methyl sites for hydroxylation is 1. The summed E-state index contributed by atoms with van der Waals surface area (Å²) < 4.78 is 110. The average Bonchev–Trinajstić information content (AvgIpc) is 2.34. The zero-order valence-corrected chi connectivity index (χ0v) is 14.0. The second-order valence-corrected chi connectivity index (χ2v) is 7.60. The van der Waals surface area contributed by atoms with Crippen LogP contribution in [0.25, 0.3) is 0 Å². The van der Waals surface area contributed by atoms with E-state index in [0.29, 0.717) is 0 Å². The van der Waals surface area contributed by atoms with E-state index in [1.165, 1.54) is 11.6 Å². The summed E-state index contributed by atoms with van der Waals surface area (Å²) in [5.74, 6) is -1.25. The highest BCUT2D eigenvalue weighted by Gasteiger charge is 2.46. The van der Waals surface area contributed by atoms with Gasteiger partial charge in [0.2, 0.25) is 0 Å². The summed E-state index contributed by atoms with van der Waals surface area (Å²) in [6, 6.07) is 2.97. The molecule has 0 spiro atoms. The molecule has 0 amide bonds. The molecule has 0 bridgehead atoms. The molecular formula is C10H10F6N2O6S2. The lowest BCUT2D eigenvalue weighted by Crippen LogP contribution is -2.30. The van der Waals surface area contributed by atoms with Crippen molar-refractivity contribution < 1.29 is 53.1 Å². The third kappa shape index (κ3) is 6.68. The number of sulfonamides is 2. The number of nitrogens with one attached hydrogen (secondary N) is 1. The number of primary sulfonamides is 1. The van der Waals surface area contributed by atoms with E-state index in [-0.39, 0.29) is 16.8 Å². The summed E-state index contributed by atoms with van der Waals surface area (Å²) >= 11 is 0. The Balaban J connectivity index is 0.000000660. The molecule has 0 aliphatic rings. The number of halogens is 6. The molecule has 150 valence electrons. The summed E-state index contributed by atoms with van der Waals surface area (Å²) in [7, 11) is -10.8. The summed E-state index contributed by atoms with van der Waals surface area (Å²) in [4.78, 5) is 10.7. The van der Waals surface area contributed by atoms with Crippen LogP contribution in [-0.2, 0) is 20.0 Å². The molecule has 0 saturated heterocycles. The fourth-order valence-corrected chi connectivity index (χ4v) is 1.73. The molecule has 26 heavy (non-hydrogen) atoms. The average molecular weight is 432 g/mol. The molecule has 0 fully saturated rings. The van der Waals surface area contributed by atoms with E-state index in [2.05, 4.69) is 5.14 Å². The summed E-state index contributed by atoms with van der Waals surface area (Å²) in [5, 5.41) is 12.4. The lowest BCUT2D eigenvalue weighted by Gasteiger charge is -2.11. The molecule has 0 aromatic heterocycles. The molecule has 1 aromatic rings. The summed E-state index contributed by atoms with van der Waals surface area (Å²) in [5.41, 5.74) is -11.1. The highest BCUT2D eigenvalue weighted by Crippen LogP contribution is 2.26. The number of anilines is 1. The van der Waals surface area contributed by atoms with Gasteiger partial charge in [-0.15, -0.1) is 0 Å². The van der Waals surface area contributed by atoms with Crippen LogP contribution in [0.2, 0.25) is 0 Å². The summed E-state index contributed by atoms with van der Waals surface area (Å²) in [6.07, 6.45) is 0. The second kappa shape index (κ2) is 7.67. The van der Waals surface area contributed by atoms with E-state index in [1.54, 1.807) is 0 Å². The van der Waals surface area contributed by atoms with Crippen molar-refractivity contribution >= 4 is 31.7 Å². The molecule has 0 unspecified atom stereocenters. The maximum absolute atomic E-state index is 12.1. The Morgan fingerprint density at radius 2 is 1.46 bits per heavy atom. The topological polar surface area (TPSA) is 144 Å². The normalized spacial score (nSPS) is 12.8. The molecule has 1 rings (SSSR count). The number of hydrogen-bond donors (Lipinski definition) is 3. The highest BCUT2D eigenvalue weighted by atomic mass is 32.2. The van der Waals surface area contributed by atoms with Crippen molar-refractivity contribution in [2.45, 2.75) is 17.9 Å². The van der Waals surface area contributed by atoms with Crippen molar-refractivity contribution in [1.82, 2.24) is 0 Å². The van der Waals surface area contributed by atoms with Gasteiger partial charge in [-0.1, -0.05) is 0 Å². The third-order valence-corrected chi connectivity index (χ3v) is 4.10. The number of nitrogens with two attached hydrogens (primary N) is 1. The van der Waals surface area contributed by atoms with Crippen LogP contribution < -0.4 is 9.86 Å². The van der Waals surface area contributed by atoms with Crippen LogP contribution in [0.5, 0.6) is 0 Å². The standard InChI is InChI=1S/C9H8F3NO4S.CH2F3NO2S/c1-5-4-6(2-3-7(5)8(14)15)13-18(16,17)9(10,11)12;2-1(3,4)8(5,6)7/h2-4,13H,1H3,(H,14,15);(H2,5,6,7). The number of hydrogen-bond acceptors (Lipinski definition) is 5. The molecule has 0 heterocycles. The Kier molecular flexibility index (Phi) is 7.05. The number of aromatic carboxylic acids is 1. The molecular weight excluding hydrogens is 422 g/mol. The van der Waals surface area contributed by atoms with Crippen molar-refractivity contribution in [3.8, 4) is 0 Å². The van der Waals surface area contributed by atoms with Gasteiger partial charge in [-0.2, -0.15) is 34.8 Å². The molecule has 4 N–H and O–H groups in total. The number of benzene rings is 1. The number of carbonyl (C=O) groups is 1. The first-order valence-corrected chi connectivity index (χ1v) is 8.84. The molecule has 0 atom stereocenters. The van der Waals surface area contributed by atoms with E-state index in [0.717, 1.165) is 18.2 Å². The molecule has 0 radical (unpaired) electrons. The predicted octanol–water partition coefficient (Wildman–Crippen LogP) is 1.75. The van der Waals surface area contributed by atoms with Gasteiger partial charge in [0.05, 0.1) is 5.56 Å². The van der Waals surface area contributed by atoms with Gasteiger partial charge in [0.15, 0.2) is 0 Å². The van der Waals surface area contributed by atoms with Crippen molar-refractivity contribution in [3.63, 3.8) is 0 Å². The summed E-state index contributed by atoms with van der Waals surface area (Å²) in [6.45, 7) is 1.34. The van der Waals surface area contributed by atoms with Crippen LogP contribution in [0, 0.1) is 6.92 Å². The minimum absolute atomic E-state index is 0.120. The maximum Gasteiger partial charge on any atom is 0.516 e. The number of alkyl halides is 6. The van der Waals surface area contributed by atoms with Crippen LogP contribution in [0.1, 0.15) is 15.9 Å². The van der Waals surface area contributed by atoms with Gasteiger partial charge in [0, 0.05) is 5.69 Å². The van der Waals surface area contributed by atoms with Crippen LogP contribution in [0.3, 0.4) is 0 Å². The monoisotopic (exact) mass is 432 g/mol. The predicted molar refractivity (Wildman–Crippen MR) is 75.9 cm³/mol. The van der Waals surface area contributed by atoms with Crippen molar-refractivity contribution in [1.29, 1.82) is 0 Å². The smallest absolute Gasteiger partial charge is 0.478 e. The first-order valence-electron chi connectivity index (χ1n) is 5.81. The van der Waals surface area contributed by atoms with Crippen molar-refractivity contribution in [2.24, 2.45) is 5.14 Å². The SMILES string of the molecule is Cc1cc(NS(=O)(=O)C(F)(F)F)ccc1C(=O)O.NS(=O)(=O)C(F)(F)F.